The van der Waals surface area contributed by atoms with E-state index in [2.05, 4.69) is 12.2 Å². The second-order valence-corrected chi connectivity index (χ2v) is 5.82. The van der Waals surface area contributed by atoms with Crippen molar-refractivity contribution in [1.29, 1.82) is 0 Å². The molecule has 3 saturated carbocycles. The van der Waals surface area contributed by atoms with Crippen molar-refractivity contribution >= 4 is 0 Å². The van der Waals surface area contributed by atoms with Gasteiger partial charge in [-0.25, -0.2) is 0 Å². The Bertz CT molecular complexity index is 283. The molecule has 3 fully saturated rings. The van der Waals surface area contributed by atoms with Crippen LogP contribution in [0.1, 0.15) is 12.8 Å². The molecule has 76 valence electrons. The number of allylic oxidation sites excluding steroid dienone is 2. The zero-order valence-corrected chi connectivity index (χ0v) is 8.34. The molecule has 4 N–H and O–H groups in total. The van der Waals surface area contributed by atoms with Gasteiger partial charge in [-0.05, 0) is 48.3 Å². The van der Waals surface area contributed by atoms with Crippen LogP contribution in [0.4, 0.5) is 0 Å². The Balaban J connectivity index is 1.78. The van der Waals surface area contributed by atoms with Gasteiger partial charge in [0.25, 0.3) is 0 Å². The van der Waals surface area contributed by atoms with Gasteiger partial charge in [0.2, 0.25) is 0 Å². The second-order valence-electron chi connectivity index (χ2n) is 5.82. The van der Waals surface area contributed by atoms with Gasteiger partial charge in [-0.2, -0.15) is 0 Å². The van der Waals surface area contributed by atoms with Crippen LogP contribution in [0.15, 0.2) is 12.2 Å². The minimum Gasteiger partial charge on any atom is -0.326 e. The summed E-state index contributed by atoms with van der Waals surface area (Å²) in [5.41, 5.74) is 12.4. The van der Waals surface area contributed by atoms with Crippen molar-refractivity contribution in [3.05, 3.63) is 12.2 Å². The van der Waals surface area contributed by atoms with E-state index in [9.17, 15) is 0 Å². The zero-order chi connectivity index (χ0) is 9.45. The number of hydrogen-bond acceptors (Lipinski definition) is 2. The summed E-state index contributed by atoms with van der Waals surface area (Å²) in [7, 11) is 0. The molecule has 2 nitrogen and oxygen atoms in total. The molecule has 2 heteroatoms. The Morgan fingerprint density at radius 3 is 1.79 bits per heavy atom. The standard InChI is InChI=1S/C12H18N2/c13-11-7-4-8(12(11)14)10-6-2-1-5(3-6)9(7)10/h1-2,5-12H,3-4,13-14H2. The van der Waals surface area contributed by atoms with Crippen LogP contribution in [-0.4, -0.2) is 12.1 Å². The van der Waals surface area contributed by atoms with Gasteiger partial charge in [-0.1, -0.05) is 12.2 Å². The van der Waals surface area contributed by atoms with Gasteiger partial charge in [0.05, 0.1) is 0 Å². The van der Waals surface area contributed by atoms with Crippen LogP contribution in [0, 0.1) is 35.5 Å². The molecule has 8 unspecified atom stereocenters. The lowest BCUT2D eigenvalue weighted by atomic mass is 9.70. The Kier molecular flexibility index (Phi) is 1.27. The Labute approximate surface area is 84.7 Å². The summed E-state index contributed by atoms with van der Waals surface area (Å²) < 4.78 is 0. The molecule has 4 bridgehead atoms. The molecule has 4 aliphatic rings. The van der Waals surface area contributed by atoms with E-state index in [4.69, 9.17) is 11.5 Å². The zero-order valence-electron chi connectivity index (χ0n) is 8.34. The van der Waals surface area contributed by atoms with Crippen LogP contribution >= 0.6 is 0 Å². The van der Waals surface area contributed by atoms with Crippen LogP contribution in [0.5, 0.6) is 0 Å². The van der Waals surface area contributed by atoms with E-state index in [1.54, 1.807) is 0 Å². The molecular weight excluding hydrogens is 172 g/mol. The van der Waals surface area contributed by atoms with Gasteiger partial charge >= 0.3 is 0 Å². The molecular formula is C12H18N2. The van der Waals surface area contributed by atoms with E-state index in [-0.39, 0.29) is 0 Å². The number of hydrogen-bond donors (Lipinski definition) is 2. The van der Waals surface area contributed by atoms with E-state index < -0.39 is 0 Å². The highest BCUT2D eigenvalue weighted by Gasteiger charge is 2.62. The lowest BCUT2D eigenvalue weighted by molar-refractivity contribution is 0.165. The first-order valence-electron chi connectivity index (χ1n) is 5.97. The van der Waals surface area contributed by atoms with Gasteiger partial charge in [-0.3, -0.25) is 0 Å². The average molecular weight is 190 g/mol. The van der Waals surface area contributed by atoms with Gasteiger partial charge < -0.3 is 11.5 Å². The van der Waals surface area contributed by atoms with Crippen molar-refractivity contribution in [2.75, 3.05) is 0 Å². The SMILES string of the molecule is NC1C(N)C2CC1C1C3C=CC(C3)C21. The molecule has 0 aromatic heterocycles. The molecule has 0 aromatic carbocycles. The van der Waals surface area contributed by atoms with Crippen molar-refractivity contribution in [1.82, 2.24) is 0 Å². The molecule has 0 aromatic rings. The van der Waals surface area contributed by atoms with Gasteiger partial charge in [0.15, 0.2) is 0 Å². The van der Waals surface area contributed by atoms with Crippen LogP contribution in [-0.2, 0) is 0 Å². The van der Waals surface area contributed by atoms with E-state index >= 15 is 0 Å². The van der Waals surface area contributed by atoms with Crippen molar-refractivity contribution in [2.24, 2.45) is 47.0 Å². The predicted octanol–water partition coefficient (Wildman–Crippen LogP) is 0.729. The smallest absolute Gasteiger partial charge is 0.0226 e. The summed E-state index contributed by atoms with van der Waals surface area (Å²) in [6, 6.07) is 0.600. The highest BCUT2D eigenvalue weighted by atomic mass is 14.9. The summed E-state index contributed by atoms with van der Waals surface area (Å²) in [6.07, 6.45) is 7.63. The Morgan fingerprint density at radius 2 is 1.29 bits per heavy atom. The van der Waals surface area contributed by atoms with Crippen LogP contribution in [0.25, 0.3) is 0 Å². The van der Waals surface area contributed by atoms with Crippen LogP contribution in [0.2, 0.25) is 0 Å². The fourth-order valence-corrected chi connectivity index (χ4v) is 5.13. The van der Waals surface area contributed by atoms with E-state index in [0.717, 1.165) is 35.5 Å². The largest absolute Gasteiger partial charge is 0.326 e. The molecule has 0 spiro atoms. The van der Waals surface area contributed by atoms with Crippen molar-refractivity contribution in [3.63, 3.8) is 0 Å². The first-order chi connectivity index (χ1) is 6.77. The fourth-order valence-electron chi connectivity index (χ4n) is 5.13. The topological polar surface area (TPSA) is 52.0 Å². The quantitative estimate of drug-likeness (QED) is 0.437. The summed E-state index contributed by atoms with van der Waals surface area (Å²) in [4.78, 5) is 0. The van der Waals surface area contributed by atoms with Crippen molar-refractivity contribution < 1.29 is 0 Å². The molecule has 0 heterocycles. The minimum atomic E-state index is 0.300. The van der Waals surface area contributed by atoms with Crippen molar-refractivity contribution in [3.8, 4) is 0 Å². The molecule has 0 radical (unpaired) electrons. The Hall–Kier alpha value is -0.340. The normalized spacial score (nSPS) is 67.9. The lowest BCUT2D eigenvalue weighted by Gasteiger charge is -2.38. The molecule has 4 rings (SSSR count). The molecule has 8 atom stereocenters. The monoisotopic (exact) mass is 190 g/mol. The highest BCUT2D eigenvalue weighted by molar-refractivity contribution is 5.23. The third-order valence-corrected chi connectivity index (χ3v) is 5.55. The van der Waals surface area contributed by atoms with Gasteiger partial charge in [0.1, 0.15) is 0 Å². The van der Waals surface area contributed by atoms with Crippen molar-refractivity contribution in [2.45, 2.75) is 24.9 Å². The van der Waals surface area contributed by atoms with Gasteiger partial charge in [-0.15, -0.1) is 0 Å². The molecule has 14 heavy (non-hydrogen) atoms. The highest BCUT2D eigenvalue weighted by Crippen LogP contribution is 2.64. The van der Waals surface area contributed by atoms with Crippen LogP contribution < -0.4 is 11.5 Å². The summed E-state index contributed by atoms with van der Waals surface area (Å²) in [6.45, 7) is 0. The third-order valence-electron chi connectivity index (χ3n) is 5.55. The average Bonchev–Trinajstić information content (AvgIpc) is 2.87. The van der Waals surface area contributed by atoms with E-state index in [0.29, 0.717) is 12.1 Å². The van der Waals surface area contributed by atoms with Crippen LogP contribution in [0.3, 0.4) is 0 Å². The number of fused-ring (bicyclic) bond motifs is 9. The van der Waals surface area contributed by atoms with E-state index in [1.807, 2.05) is 0 Å². The summed E-state index contributed by atoms with van der Waals surface area (Å²) in [5, 5.41) is 0. The maximum absolute atomic E-state index is 6.20. The predicted molar refractivity (Wildman–Crippen MR) is 55.3 cm³/mol. The summed E-state index contributed by atoms with van der Waals surface area (Å²) >= 11 is 0. The maximum Gasteiger partial charge on any atom is 0.0226 e. The fraction of sp³-hybridized carbons (Fsp3) is 0.833. The summed E-state index contributed by atoms with van der Waals surface area (Å²) in [5.74, 6) is 5.03. The van der Waals surface area contributed by atoms with Gasteiger partial charge in [0, 0.05) is 12.1 Å². The second kappa shape index (κ2) is 2.25. The molecule has 4 aliphatic carbocycles. The molecule has 0 saturated heterocycles. The maximum atomic E-state index is 6.20. The van der Waals surface area contributed by atoms with E-state index in [1.165, 1.54) is 12.8 Å². The minimum absolute atomic E-state index is 0.300. The number of nitrogens with two attached hydrogens (primary N) is 2. The Morgan fingerprint density at radius 1 is 0.786 bits per heavy atom. The number of rotatable bonds is 0. The lowest BCUT2D eigenvalue weighted by Crippen LogP contribution is -2.52. The first kappa shape index (κ1) is 7.89. The molecule has 0 amide bonds. The molecule has 0 aliphatic heterocycles. The first-order valence-corrected chi connectivity index (χ1v) is 5.97. The third kappa shape index (κ3) is 0.664.